The number of carbonyl (C=O) groups is 1. The van der Waals surface area contributed by atoms with Gasteiger partial charge in [-0.3, -0.25) is 14.8 Å². The number of benzene rings is 1. The summed E-state index contributed by atoms with van der Waals surface area (Å²) in [5.74, 6) is -0.0320. The SMILES string of the molecule is O=C(/C=C/c1ccccn1)N(CCc1ccccc1)Cc1cccnc1. The average Bonchev–Trinajstić information content (AvgIpc) is 2.71. The van der Waals surface area contributed by atoms with Gasteiger partial charge in [-0.2, -0.15) is 0 Å². The number of hydrogen-bond acceptors (Lipinski definition) is 3. The fourth-order valence-electron chi connectivity index (χ4n) is 2.62. The first-order valence-corrected chi connectivity index (χ1v) is 8.62. The molecular formula is C22H21N3O. The molecule has 4 heteroatoms. The number of nitrogens with zero attached hydrogens (tertiary/aromatic N) is 3. The number of hydrogen-bond donors (Lipinski definition) is 0. The monoisotopic (exact) mass is 343 g/mol. The minimum atomic E-state index is -0.0320. The maximum Gasteiger partial charge on any atom is 0.246 e. The van der Waals surface area contributed by atoms with E-state index in [9.17, 15) is 4.79 Å². The Balaban J connectivity index is 1.70. The molecule has 0 spiro atoms. The second-order valence-corrected chi connectivity index (χ2v) is 5.94. The molecule has 0 unspecified atom stereocenters. The maximum absolute atomic E-state index is 12.7. The van der Waals surface area contributed by atoms with Gasteiger partial charge in [-0.05, 0) is 41.8 Å². The van der Waals surface area contributed by atoms with E-state index in [0.29, 0.717) is 13.1 Å². The number of carbonyl (C=O) groups excluding carboxylic acids is 1. The van der Waals surface area contributed by atoms with Crippen molar-refractivity contribution < 1.29 is 4.79 Å². The van der Waals surface area contributed by atoms with E-state index in [0.717, 1.165) is 17.7 Å². The van der Waals surface area contributed by atoms with Crippen LogP contribution < -0.4 is 0 Å². The molecule has 1 amide bonds. The Labute approximate surface area is 153 Å². The number of pyridine rings is 2. The van der Waals surface area contributed by atoms with Crippen LogP contribution >= 0.6 is 0 Å². The predicted octanol–water partition coefficient (Wildman–Crippen LogP) is 3.76. The topological polar surface area (TPSA) is 46.1 Å². The molecule has 0 radical (unpaired) electrons. The summed E-state index contributed by atoms with van der Waals surface area (Å²) in [5.41, 5.74) is 3.00. The zero-order valence-electron chi connectivity index (χ0n) is 14.5. The zero-order valence-corrected chi connectivity index (χ0v) is 14.5. The van der Waals surface area contributed by atoms with E-state index >= 15 is 0 Å². The fraction of sp³-hybridized carbons (Fsp3) is 0.136. The molecule has 130 valence electrons. The minimum Gasteiger partial charge on any atom is -0.334 e. The molecule has 2 heterocycles. The van der Waals surface area contributed by atoms with Crippen molar-refractivity contribution in [2.75, 3.05) is 6.54 Å². The maximum atomic E-state index is 12.7. The minimum absolute atomic E-state index is 0.0320. The van der Waals surface area contributed by atoms with Crippen LogP contribution in [0, 0.1) is 0 Å². The third kappa shape index (κ3) is 5.38. The van der Waals surface area contributed by atoms with Crippen LogP contribution in [-0.2, 0) is 17.8 Å². The van der Waals surface area contributed by atoms with Crippen molar-refractivity contribution >= 4 is 12.0 Å². The van der Waals surface area contributed by atoms with Crippen LogP contribution in [0.2, 0.25) is 0 Å². The van der Waals surface area contributed by atoms with Crippen LogP contribution in [0.15, 0.2) is 85.3 Å². The fourth-order valence-corrected chi connectivity index (χ4v) is 2.62. The number of aromatic nitrogens is 2. The van der Waals surface area contributed by atoms with Crippen molar-refractivity contribution in [2.45, 2.75) is 13.0 Å². The lowest BCUT2D eigenvalue weighted by molar-refractivity contribution is -0.126. The predicted molar refractivity (Wildman–Crippen MR) is 103 cm³/mol. The van der Waals surface area contributed by atoms with Crippen molar-refractivity contribution in [1.82, 2.24) is 14.9 Å². The highest BCUT2D eigenvalue weighted by atomic mass is 16.2. The second kappa shape index (κ2) is 9.28. The second-order valence-electron chi connectivity index (χ2n) is 5.94. The van der Waals surface area contributed by atoms with E-state index in [1.807, 2.05) is 53.4 Å². The van der Waals surface area contributed by atoms with Gasteiger partial charge >= 0.3 is 0 Å². The molecule has 4 nitrogen and oxygen atoms in total. The Morgan fingerprint density at radius 2 is 1.73 bits per heavy atom. The summed E-state index contributed by atoms with van der Waals surface area (Å²) in [4.78, 5) is 22.9. The van der Waals surface area contributed by atoms with Crippen molar-refractivity contribution in [1.29, 1.82) is 0 Å². The number of amides is 1. The molecule has 0 bridgehead atoms. The van der Waals surface area contributed by atoms with Crippen LogP contribution in [0.1, 0.15) is 16.8 Å². The molecule has 1 aromatic carbocycles. The summed E-state index contributed by atoms with van der Waals surface area (Å²) >= 11 is 0. The molecule has 2 aromatic heterocycles. The largest absolute Gasteiger partial charge is 0.334 e. The Hall–Kier alpha value is -3.27. The van der Waals surface area contributed by atoms with Crippen LogP contribution in [0.25, 0.3) is 6.08 Å². The summed E-state index contributed by atoms with van der Waals surface area (Å²) in [6.45, 7) is 1.18. The first-order valence-electron chi connectivity index (χ1n) is 8.62. The van der Waals surface area contributed by atoms with E-state index in [1.54, 1.807) is 30.7 Å². The van der Waals surface area contributed by atoms with Crippen LogP contribution in [0.5, 0.6) is 0 Å². The van der Waals surface area contributed by atoms with E-state index < -0.39 is 0 Å². The Bertz CT molecular complexity index is 833. The highest BCUT2D eigenvalue weighted by molar-refractivity contribution is 5.91. The molecular weight excluding hydrogens is 322 g/mol. The van der Waals surface area contributed by atoms with Gasteiger partial charge in [-0.25, -0.2) is 0 Å². The molecule has 0 saturated carbocycles. The van der Waals surface area contributed by atoms with Gasteiger partial charge in [0, 0.05) is 37.8 Å². The standard InChI is InChI=1S/C22H21N3O/c26-22(12-11-21-10-4-5-15-24-21)25(18-20-9-6-14-23-17-20)16-13-19-7-2-1-3-8-19/h1-12,14-15,17H,13,16,18H2/b12-11+. The summed E-state index contributed by atoms with van der Waals surface area (Å²) in [7, 11) is 0. The smallest absolute Gasteiger partial charge is 0.246 e. The summed E-state index contributed by atoms with van der Waals surface area (Å²) in [6.07, 6.45) is 9.40. The molecule has 0 atom stereocenters. The molecule has 3 rings (SSSR count). The van der Waals surface area contributed by atoms with E-state index in [-0.39, 0.29) is 5.91 Å². The van der Waals surface area contributed by atoms with Gasteiger partial charge in [0.2, 0.25) is 5.91 Å². The highest BCUT2D eigenvalue weighted by Crippen LogP contribution is 2.08. The molecule has 26 heavy (non-hydrogen) atoms. The van der Waals surface area contributed by atoms with Gasteiger partial charge in [-0.15, -0.1) is 0 Å². The van der Waals surface area contributed by atoms with Gasteiger partial charge in [0.05, 0.1) is 5.69 Å². The van der Waals surface area contributed by atoms with Gasteiger partial charge in [0.15, 0.2) is 0 Å². The molecule has 3 aromatic rings. The van der Waals surface area contributed by atoms with Crippen molar-refractivity contribution in [3.05, 3.63) is 102 Å². The Kier molecular flexibility index (Phi) is 6.26. The molecule has 0 aliphatic heterocycles. The van der Waals surface area contributed by atoms with Crippen LogP contribution in [-0.4, -0.2) is 27.3 Å². The van der Waals surface area contributed by atoms with E-state index in [1.165, 1.54) is 5.56 Å². The molecule has 0 N–H and O–H groups in total. The van der Waals surface area contributed by atoms with Crippen molar-refractivity contribution in [3.8, 4) is 0 Å². The van der Waals surface area contributed by atoms with Crippen LogP contribution in [0.4, 0.5) is 0 Å². The zero-order chi connectivity index (χ0) is 18.0. The normalized spacial score (nSPS) is 10.8. The van der Waals surface area contributed by atoms with E-state index in [4.69, 9.17) is 0 Å². The molecule has 0 aliphatic rings. The lowest BCUT2D eigenvalue weighted by atomic mass is 10.1. The van der Waals surface area contributed by atoms with Gasteiger partial charge in [0.1, 0.15) is 0 Å². The third-order valence-corrected chi connectivity index (χ3v) is 4.01. The Morgan fingerprint density at radius 3 is 2.46 bits per heavy atom. The first-order chi connectivity index (χ1) is 12.8. The van der Waals surface area contributed by atoms with Gasteiger partial charge in [0.25, 0.3) is 0 Å². The molecule has 0 saturated heterocycles. The summed E-state index contributed by atoms with van der Waals surface area (Å²) < 4.78 is 0. The molecule has 0 fully saturated rings. The van der Waals surface area contributed by atoms with Crippen LogP contribution in [0.3, 0.4) is 0 Å². The van der Waals surface area contributed by atoms with Crippen molar-refractivity contribution in [2.24, 2.45) is 0 Å². The highest BCUT2D eigenvalue weighted by Gasteiger charge is 2.12. The average molecular weight is 343 g/mol. The lowest BCUT2D eigenvalue weighted by Crippen LogP contribution is -2.31. The number of rotatable bonds is 7. The van der Waals surface area contributed by atoms with Crippen molar-refractivity contribution in [3.63, 3.8) is 0 Å². The first kappa shape index (κ1) is 17.5. The summed E-state index contributed by atoms with van der Waals surface area (Å²) in [6, 6.07) is 19.7. The quantitative estimate of drug-likeness (QED) is 0.614. The summed E-state index contributed by atoms with van der Waals surface area (Å²) in [5, 5.41) is 0. The molecule has 0 aliphatic carbocycles. The van der Waals surface area contributed by atoms with Gasteiger partial charge < -0.3 is 4.90 Å². The Morgan fingerprint density at radius 1 is 0.923 bits per heavy atom. The lowest BCUT2D eigenvalue weighted by Gasteiger charge is -2.21. The van der Waals surface area contributed by atoms with E-state index in [2.05, 4.69) is 22.1 Å². The third-order valence-electron chi connectivity index (χ3n) is 4.01. The van der Waals surface area contributed by atoms with Gasteiger partial charge in [-0.1, -0.05) is 42.5 Å².